The molecule has 0 heterocycles. The number of azo groups is 2. The van der Waals surface area contributed by atoms with E-state index < -0.39 is 20.7 Å². The predicted octanol–water partition coefficient (Wildman–Crippen LogP) is 6.65. The molecule has 196 valence electrons. The molecule has 0 amide bonds. The molecule has 0 aliphatic rings. The molecule has 0 unspecified atom stereocenters. The Hall–Kier alpha value is -4.85. The van der Waals surface area contributed by atoms with Crippen molar-refractivity contribution < 1.29 is 25.6 Å². The van der Waals surface area contributed by atoms with Crippen molar-refractivity contribution in [3.05, 3.63) is 97.1 Å². The van der Waals surface area contributed by atoms with E-state index in [1.807, 2.05) is 66.7 Å². The average Bonchev–Trinajstić information content (AvgIpc) is 2.91. The Bertz CT molecular complexity index is 1960. The number of hydrogen-bond acceptors (Lipinski definition) is 10. The van der Waals surface area contributed by atoms with Crippen molar-refractivity contribution >= 4 is 70.7 Å². The third kappa shape index (κ3) is 6.73. The minimum atomic E-state index is -4.36. The Balaban J connectivity index is 0.000000826. The van der Waals surface area contributed by atoms with Crippen LogP contribution in [-0.2, 0) is 20.7 Å². The van der Waals surface area contributed by atoms with Gasteiger partial charge in [-0.25, -0.2) is 0 Å². The lowest BCUT2D eigenvalue weighted by molar-refractivity contribution is 0.483. The van der Waals surface area contributed by atoms with Crippen LogP contribution in [0.4, 0.5) is 28.4 Å². The fraction of sp³-hybridized carbons (Fsp3) is 0. The number of nitrogen functional groups attached to an aromatic ring is 1. The highest BCUT2D eigenvalue weighted by Crippen LogP contribution is 2.37. The van der Waals surface area contributed by atoms with Crippen LogP contribution in [0.1, 0.15) is 0 Å². The topological polar surface area (TPSA) is 181 Å². The first kappa shape index (κ1) is 27.2. The van der Waals surface area contributed by atoms with Gasteiger partial charge in [-0.2, -0.15) is 13.5 Å². The van der Waals surface area contributed by atoms with Crippen molar-refractivity contribution in [1.29, 1.82) is 0 Å². The van der Waals surface area contributed by atoms with Crippen molar-refractivity contribution in [2.24, 2.45) is 20.5 Å². The standard InChI is InChI=1S/C26H19N5O3S.O3S/c27-23-12-13-24(21-11-10-18(16-22(21)23)35(32,33)34)30-31-26-15-14-25(19-8-4-5-9-20(19)26)29-28-17-6-2-1-3-7-17;1-4(2)3/h1-16H,27H2,(H,32,33,34);. The monoisotopic (exact) mass is 561 g/mol. The SMILES string of the molecule is Nc1ccc(N=Nc2ccc(N=Nc3ccccc3)c3ccccc23)c2ccc(S(=O)(=O)O)cc12.O=S(=O)=O. The average molecular weight is 562 g/mol. The molecule has 13 heteroatoms. The summed E-state index contributed by atoms with van der Waals surface area (Å²) in [5, 5.41) is 20.4. The summed E-state index contributed by atoms with van der Waals surface area (Å²) in [6, 6.07) is 28.4. The van der Waals surface area contributed by atoms with E-state index in [1.54, 1.807) is 18.2 Å². The molecule has 0 radical (unpaired) electrons. The predicted molar refractivity (Wildman–Crippen MR) is 147 cm³/mol. The van der Waals surface area contributed by atoms with Gasteiger partial charge in [-0.1, -0.05) is 48.5 Å². The number of hydrogen-bond donors (Lipinski definition) is 2. The maximum absolute atomic E-state index is 11.5. The van der Waals surface area contributed by atoms with E-state index in [9.17, 15) is 13.0 Å². The smallest absolute Gasteiger partial charge is 0.398 e. The highest BCUT2D eigenvalue weighted by Gasteiger charge is 2.13. The van der Waals surface area contributed by atoms with Gasteiger partial charge in [0.15, 0.2) is 0 Å². The third-order valence-electron chi connectivity index (χ3n) is 5.47. The largest absolute Gasteiger partial charge is 0.425 e. The van der Waals surface area contributed by atoms with Crippen LogP contribution in [0.5, 0.6) is 0 Å². The summed E-state index contributed by atoms with van der Waals surface area (Å²) in [4.78, 5) is -0.239. The van der Waals surface area contributed by atoms with Gasteiger partial charge in [-0.05, 0) is 48.5 Å². The molecule has 0 atom stereocenters. The van der Waals surface area contributed by atoms with Crippen molar-refractivity contribution in [2.75, 3.05) is 5.73 Å². The second-order valence-corrected chi connectivity index (χ2v) is 9.78. The Labute approximate surface area is 224 Å². The lowest BCUT2D eigenvalue weighted by Crippen LogP contribution is -1.98. The van der Waals surface area contributed by atoms with Crippen molar-refractivity contribution in [3.8, 4) is 0 Å². The van der Waals surface area contributed by atoms with Gasteiger partial charge in [0.2, 0.25) is 0 Å². The number of rotatable bonds is 5. The van der Waals surface area contributed by atoms with Crippen LogP contribution in [0.2, 0.25) is 0 Å². The van der Waals surface area contributed by atoms with Gasteiger partial charge >= 0.3 is 10.6 Å². The van der Waals surface area contributed by atoms with E-state index in [4.69, 9.17) is 18.4 Å². The first-order valence-electron chi connectivity index (χ1n) is 11.1. The molecule has 5 aromatic carbocycles. The van der Waals surface area contributed by atoms with E-state index in [0.717, 1.165) is 16.5 Å². The zero-order valence-electron chi connectivity index (χ0n) is 19.9. The Morgan fingerprint density at radius 2 is 1.05 bits per heavy atom. The van der Waals surface area contributed by atoms with Crippen LogP contribution in [0.3, 0.4) is 0 Å². The molecule has 0 aliphatic heterocycles. The number of fused-ring (bicyclic) bond motifs is 2. The molecule has 5 rings (SSSR count). The first-order chi connectivity index (χ1) is 18.6. The molecule has 5 aromatic rings. The summed E-state index contributed by atoms with van der Waals surface area (Å²) in [6.45, 7) is 0. The summed E-state index contributed by atoms with van der Waals surface area (Å²) in [5.74, 6) is 0. The van der Waals surface area contributed by atoms with Gasteiger partial charge in [-0.3, -0.25) is 4.55 Å². The van der Waals surface area contributed by atoms with Crippen LogP contribution in [0, 0.1) is 0 Å². The van der Waals surface area contributed by atoms with Crippen LogP contribution in [-0.4, -0.2) is 25.6 Å². The van der Waals surface area contributed by atoms with Crippen molar-refractivity contribution in [2.45, 2.75) is 4.90 Å². The molecular weight excluding hydrogens is 542 g/mol. The molecule has 0 aliphatic carbocycles. The highest BCUT2D eigenvalue weighted by atomic mass is 32.2. The molecule has 0 aromatic heterocycles. The van der Waals surface area contributed by atoms with Crippen LogP contribution in [0.25, 0.3) is 21.5 Å². The minimum Gasteiger partial charge on any atom is -0.398 e. The zero-order valence-corrected chi connectivity index (χ0v) is 21.5. The maximum Gasteiger partial charge on any atom is 0.425 e. The van der Waals surface area contributed by atoms with Crippen molar-refractivity contribution in [1.82, 2.24) is 0 Å². The maximum atomic E-state index is 11.5. The third-order valence-corrected chi connectivity index (χ3v) is 6.32. The second-order valence-electron chi connectivity index (χ2n) is 7.95. The van der Waals surface area contributed by atoms with Crippen molar-refractivity contribution in [3.63, 3.8) is 0 Å². The lowest BCUT2D eigenvalue weighted by atomic mass is 10.1. The van der Waals surface area contributed by atoms with E-state index in [-0.39, 0.29) is 4.90 Å². The van der Waals surface area contributed by atoms with E-state index in [2.05, 4.69) is 20.5 Å². The lowest BCUT2D eigenvalue weighted by Gasteiger charge is -2.07. The Morgan fingerprint density at radius 3 is 1.59 bits per heavy atom. The summed E-state index contributed by atoms with van der Waals surface area (Å²) in [6.07, 6.45) is 0. The van der Waals surface area contributed by atoms with Gasteiger partial charge in [-0.15, -0.1) is 28.0 Å². The fourth-order valence-electron chi connectivity index (χ4n) is 3.74. The molecule has 0 bridgehead atoms. The van der Waals surface area contributed by atoms with Crippen LogP contribution < -0.4 is 5.73 Å². The van der Waals surface area contributed by atoms with E-state index >= 15 is 0 Å². The molecule has 11 nitrogen and oxygen atoms in total. The number of nitrogens with zero attached hydrogens (tertiary/aromatic N) is 4. The van der Waals surface area contributed by atoms with Crippen LogP contribution in [0.15, 0.2) is 122 Å². The number of benzene rings is 5. The number of anilines is 1. The molecule has 39 heavy (non-hydrogen) atoms. The van der Waals surface area contributed by atoms with Gasteiger partial charge in [0, 0.05) is 27.2 Å². The molecule has 0 saturated carbocycles. The molecular formula is C26H19N5O6S2. The highest BCUT2D eigenvalue weighted by molar-refractivity contribution is 7.85. The molecule has 0 fully saturated rings. The van der Waals surface area contributed by atoms with Gasteiger partial charge < -0.3 is 5.73 Å². The van der Waals surface area contributed by atoms with E-state index in [1.165, 1.54) is 12.1 Å². The Morgan fingerprint density at radius 1 is 0.590 bits per heavy atom. The minimum absolute atomic E-state index is 0.239. The van der Waals surface area contributed by atoms with Gasteiger partial charge in [0.1, 0.15) is 0 Å². The molecule has 3 N–H and O–H groups in total. The Kier molecular flexibility index (Phi) is 8.15. The quantitative estimate of drug-likeness (QED) is 0.137. The molecule has 0 spiro atoms. The second kappa shape index (κ2) is 11.7. The van der Waals surface area contributed by atoms with Crippen LogP contribution >= 0.6 is 0 Å². The summed E-state index contributed by atoms with van der Waals surface area (Å²) >= 11 is 0. The summed E-state index contributed by atoms with van der Waals surface area (Å²) < 4.78 is 57.7. The summed E-state index contributed by atoms with van der Waals surface area (Å²) in [7, 11) is -7.47. The first-order valence-corrected chi connectivity index (χ1v) is 13.5. The zero-order chi connectivity index (χ0) is 28.0. The number of nitrogens with two attached hydrogens (primary N) is 1. The fourth-order valence-corrected chi connectivity index (χ4v) is 4.24. The normalized spacial score (nSPS) is 11.6. The van der Waals surface area contributed by atoms with E-state index in [0.29, 0.717) is 33.5 Å². The molecule has 0 saturated heterocycles. The van der Waals surface area contributed by atoms with Gasteiger partial charge in [0.25, 0.3) is 10.1 Å². The summed E-state index contributed by atoms with van der Waals surface area (Å²) in [5.41, 5.74) is 9.01. The van der Waals surface area contributed by atoms with Gasteiger partial charge in [0.05, 0.1) is 27.6 Å².